The third-order valence-corrected chi connectivity index (χ3v) is 3.07. The van der Waals surface area contributed by atoms with Crippen molar-refractivity contribution in [2.24, 2.45) is 0 Å². The molecule has 0 aliphatic carbocycles. The molecule has 0 radical (unpaired) electrons. The second-order valence-corrected chi connectivity index (χ2v) is 4.60. The molecule has 0 aliphatic rings. The lowest BCUT2D eigenvalue weighted by Gasteiger charge is -2.10. The number of rotatable bonds is 5. The molecule has 106 valence electrons. The van der Waals surface area contributed by atoms with Crippen molar-refractivity contribution in [3.05, 3.63) is 60.8 Å². The van der Waals surface area contributed by atoms with Crippen molar-refractivity contribution in [3.63, 3.8) is 0 Å². The standard InChI is InChI=1S/C17H16N2O2/c18-13-4-1-5-14(12-13)20-10-11-21-17-8-2-7-16-15(17)6-3-9-19-16/h1-9,12H,10-11,18H2. The molecule has 3 aromatic rings. The summed E-state index contributed by atoms with van der Waals surface area (Å²) in [5.41, 5.74) is 7.31. The molecule has 3 rings (SSSR count). The van der Waals surface area contributed by atoms with Gasteiger partial charge in [0.15, 0.2) is 0 Å². The van der Waals surface area contributed by atoms with Gasteiger partial charge in [0.2, 0.25) is 0 Å². The number of nitrogens with two attached hydrogens (primary N) is 1. The second kappa shape index (κ2) is 6.13. The predicted molar refractivity (Wildman–Crippen MR) is 83.6 cm³/mol. The molecule has 0 unspecified atom stereocenters. The number of pyridine rings is 1. The van der Waals surface area contributed by atoms with E-state index in [0.717, 1.165) is 22.4 Å². The normalized spacial score (nSPS) is 10.5. The summed E-state index contributed by atoms with van der Waals surface area (Å²) in [5.74, 6) is 1.56. The van der Waals surface area contributed by atoms with Crippen molar-refractivity contribution in [1.82, 2.24) is 4.98 Å². The highest BCUT2D eigenvalue weighted by Crippen LogP contribution is 2.23. The van der Waals surface area contributed by atoms with Gasteiger partial charge in [-0.15, -0.1) is 0 Å². The van der Waals surface area contributed by atoms with E-state index in [-0.39, 0.29) is 0 Å². The number of fused-ring (bicyclic) bond motifs is 1. The van der Waals surface area contributed by atoms with Gasteiger partial charge in [-0.3, -0.25) is 4.98 Å². The average Bonchev–Trinajstić information content (AvgIpc) is 2.52. The van der Waals surface area contributed by atoms with Crippen molar-refractivity contribution < 1.29 is 9.47 Å². The monoisotopic (exact) mass is 280 g/mol. The molecule has 0 saturated heterocycles. The van der Waals surface area contributed by atoms with Crippen LogP contribution in [0.25, 0.3) is 10.9 Å². The molecule has 1 heterocycles. The van der Waals surface area contributed by atoms with Crippen LogP contribution in [0.5, 0.6) is 11.5 Å². The zero-order chi connectivity index (χ0) is 14.5. The fourth-order valence-electron chi connectivity index (χ4n) is 2.12. The van der Waals surface area contributed by atoms with E-state index in [4.69, 9.17) is 15.2 Å². The molecule has 0 saturated carbocycles. The first-order chi connectivity index (χ1) is 10.3. The van der Waals surface area contributed by atoms with Crippen LogP contribution in [0.4, 0.5) is 5.69 Å². The van der Waals surface area contributed by atoms with Crippen LogP contribution in [0.3, 0.4) is 0 Å². The van der Waals surface area contributed by atoms with Crippen LogP contribution in [0.15, 0.2) is 60.8 Å². The van der Waals surface area contributed by atoms with Gasteiger partial charge in [0.1, 0.15) is 24.7 Å². The summed E-state index contributed by atoms with van der Waals surface area (Å²) in [7, 11) is 0. The number of benzene rings is 2. The Labute approximate surface area is 123 Å². The maximum absolute atomic E-state index is 5.77. The second-order valence-electron chi connectivity index (χ2n) is 4.60. The average molecular weight is 280 g/mol. The van der Waals surface area contributed by atoms with E-state index in [2.05, 4.69) is 4.98 Å². The number of anilines is 1. The summed E-state index contributed by atoms with van der Waals surface area (Å²) in [4.78, 5) is 4.30. The Morgan fingerprint density at radius 1 is 0.905 bits per heavy atom. The minimum atomic E-state index is 0.458. The van der Waals surface area contributed by atoms with Crippen molar-refractivity contribution in [2.45, 2.75) is 0 Å². The van der Waals surface area contributed by atoms with E-state index in [9.17, 15) is 0 Å². The molecule has 0 spiro atoms. The molecule has 1 aromatic heterocycles. The topological polar surface area (TPSA) is 57.4 Å². The largest absolute Gasteiger partial charge is 0.490 e. The Balaban J connectivity index is 1.60. The van der Waals surface area contributed by atoms with Crippen molar-refractivity contribution >= 4 is 16.6 Å². The highest BCUT2D eigenvalue weighted by Gasteiger charge is 2.02. The minimum absolute atomic E-state index is 0.458. The molecule has 21 heavy (non-hydrogen) atoms. The van der Waals surface area contributed by atoms with Crippen LogP contribution in [0, 0.1) is 0 Å². The summed E-state index contributed by atoms with van der Waals surface area (Å²) in [6.07, 6.45) is 1.77. The summed E-state index contributed by atoms with van der Waals surface area (Å²) in [5, 5.41) is 1.00. The first-order valence-corrected chi connectivity index (χ1v) is 6.78. The number of hydrogen-bond donors (Lipinski definition) is 1. The Hall–Kier alpha value is -2.75. The van der Waals surface area contributed by atoms with Gasteiger partial charge in [0.25, 0.3) is 0 Å². The first kappa shape index (κ1) is 13.2. The minimum Gasteiger partial charge on any atom is -0.490 e. The quantitative estimate of drug-likeness (QED) is 0.575. The number of nitrogens with zero attached hydrogens (tertiary/aromatic N) is 1. The van der Waals surface area contributed by atoms with Gasteiger partial charge in [0.05, 0.1) is 5.52 Å². The Morgan fingerprint density at radius 2 is 1.76 bits per heavy atom. The zero-order valence-electron chi connectivity index (χ0n) is 11.5. The lowest BCUT2D eigenvalue weighted by Crippen LogP contribution is -2.09. The van der Waals surface area contributed by atoms with Crippen LogP contribution in [0.1, 0.15) is 0 Å². The zero-order valence-corrected chi connectivity index (χ0v) is 11.5. The van der Waals surface area contributed by atoms with Gasteiger partial charge in [-0.1, -0.05) is 12.1 Å². The highest BCUT2D eigenvalue weighted by atomic mass is 16.5. The maximum atomic E-state index is 5.77. The molecule has 0 aliphatic heterocycles. The molecular formula is C17H16N2O2. The number of aromatic nitrogens is 1. The van der Waals surface area contributed by atoms with Gasteiger partial charge in [0, 0.05) is 23.3 Å². The Morgan fingerprint density at radius 3 is 2.67 bits per heavy atom. The van der Waals surface area contributed by atoms with Gasteiger partial charge >= 0.3 is 0 Å². The summed E-state index contributed by atoms with van der Waals surface area (Å²) >= 11 is 0. The number of hydrogen-bond acceptors (Lipinski definition) is 4. The third kappa shape index (κ3) is 3.23. The lowest BCUT2D eigenvalue weighted by molar-refractivity contribution is 0.219. The fraction of sp³-hybridized carbons (Fsp3) is 0.118. The van der Waals surface area contributed by atoms with E-state index in [1.807, 2.05) is 48.5 Å². The van der Waals surface area contributed by atoms with E-state index < -0.39 is 0 Å². The molecule has 4 nitrogen and oxygen atoms in total. The highest BCUT2D eigenvalue weighted by molar-refractivity contribution is 5.84. The molecule has 0 atom stereocenters. The predicted octanol–water partition coefficient (Wildman–Crippen LogP) is 3.27. The van der Waals surface area contributed by atoms with E-state index in [0.29, 0.717) is 18.9 Å². The summed E-state index contributed by atoms with van der Waals surface area (Å²) < 4.78 is 11.4. The van der Waals surface area contributed by atoms with Crippen LogP contribution in [-0.2, 0) is 0 Å². The van der Waals surface area contributed by atoms with Gasteiger partial charge in [-0.25, -0.2) is 0 Å². The van der Waals surface area contributed by atoms with Crippen LogP contribution < -0.4 is 15.2 Å². The van der Waals surface area contributed by atoms with Crippen molar-refractivity contribution in [3.8, 4) is 11.5 Å². The van der Waals surface area contributed by atoms with Gasteiger partial charge in [-0.2, -0.15) is 0 Å². The Bertz CT molecular complexity index is 738. The Kier molecular flexibility index (Phi) is 3.87. The smallest absolute Gasteiger partial charge is 0.128 e. The van der Waals surface area contributed by atoms with Gasteiger partial charge in [-0.05, 0) is 36.4 Å². The fourth-order valence-corrected chi connectivity index (χ4v) is 2.12. The van der Waals surface area contributed by atoms with Gasteiger partial charge < -0.3 is 15.2 Å². The number of nitrogen functional groups attached to an aromatic ring is 1. The van der Waals surface area contributed by atoms with Crippen molar-refractivity contribution in [2.75, 3.05) is 18.9 Å². The third-order valence-electron chi connectivity index (χ3n) is 3.07. The molecule has 2 N–H and O–H groups in total. The molecule has 2 aromatic carbocycles. The molecule has 0 bridgehead atoms. The number of ether oxygens (including phenoxy) is 2. The van der Waals surface area contributed by atoms with Crippen LogP contribution in [-0.4, -0.2) is 18.2 Å². The van der Waals surface area contributed by atoms with E-state index in [1.54, 1.807) is 12.3 Å². The molecule has 0 amide bonds. The van der Waals surface area contributed by atoms with Crippen molar-refractivity contribution in [1.29, 1.82) is 0 Å². The molecule has 0 fully saturated rings. The van der Waals surface area contributed by atoms with E-state index in [1.165, 1.54) is 0 Å². The first-order valence-electron chi connectivity index (χ1n) is 6.78. The maximum Gasteiger partial charge on any atom is 0.128 e. The van der Waals surface area contributed by atoms with Crippen LogP contribution in [0.2, 0.25) is 0 Å². The SMILES string of the molecule is Nc1cccc(OCCOc2cccc3ncccc23)c1. The summed E-state index contributed by atoms with van der Waals surface area (Å²) in [6.45, 7) is 0.920. The van der Waals surface area contributed by atoms with Crippen LogP contribution >= 0.6 is 0 Å². The molecular weight excluding hydrogens is 264 g/mol. The lowest BCUT2D eigenvalue weighted by atomic mass is 10.2. The van der Waals surface area contributed by atoms with E-state index >= 15 is 0 Å². The molecule has 4 heteroatoms. The summed E-state index contributed by atoms with van der Waals surface area (Å²) in [6, 6.07) is 17.1.